The minimum Gasteiger partial charge on any atom is -0.316 e. The lowest BCUT2D eigenvalue weighted by Crippen LogP contribution is -2.35. The number of halogens is 2. The smallest absolute Gasteiger partial charge is 0.283 e. The summed E-state index contributed by atoms with van der Waals surface area (Å²) in [6.07, 6.45) is 1.68. The van der Waals surface area contributed by atoms with Crippen molar-refractivity contribution >= 4 is 63.0 Å². The van der Waals surface area contributed by atoms with Crippen LogP contribution < -0.4 is 0 Å². The van der Waals surface area contributed by atoms with E-state index in [4.69, 9.17) is 28.6 Å². The first-order valence-corrected chi connectivity index (χ1v) is 11.6. The summed E-state index contributed by atoms with van der Waals surface area (Å²) < 4.78 is 1.98. The molecule has 2 aromatic carbocycles. The molecule has 33 heavy (non-hydrogen) atoms. The van der Waals surface area contributed by atoms with E-state index < -0.39 is 5.91 Å². The predicted molar refractivity (Wildman–Crippen MR) is 136 cm³/mol. The highest BCUT2D eigenvalue weighted by atomic mass is 35.5. The fourth-order valence-corrected chi connectivity index (χ4v) is 5.09. The van der Waals surface area contributed by atoms with Crippen molar-refractivity contribution in [3.63, 3.8) is 0 Å². The van der Waals surface area contributed by atoms with E-state index in [9.17, 15) is 4.79 Å². The van der Waals surface area contributed by atoms with Gasteiger partial charge in [-0.3, -0.25) is 10.2 Å². The van der Waals surface area contributed by atoms with E-state index in [0.717, 1.165) is 28.2 Å². The summed E-state index contributed by atoms with van der Waals surface area (Å²) in [5, 5.41) is 16.6. The van der Waals surface area contributed by atoms with Crippen LogP contribution in [-0.4, -0.2) is 31.5 Å². The van der Waals surface area contributed by atoms with Crippen molar-refractivity contribution < 1.29 is 4.79 Å². The van der Waals surface area contributed by atoms with Crippen LogP contribution in [0.25, 0.3) is 11.8 Å². The first kappa shape index (κ1) is 21.7. The summed E-state index contributed by atoms with van der Waals surface area (Å²) in [5.74, 6) is -0.470. The number of fused-ring (bicyclic) bond motifs is 1. The molecule has 3 aromatic rings. The number of aliphatic imine (C=N–C) groups is 1. The van der Waals surface area contributed by atoms with Crippen molar-refractivity contribution in [2.75, 3.05) is 0 Å². The highest BCUT2D eigenvalue weighted by Crippen LogP contribution is 2.34. The largest absolute Gasteiger partial charge is 0.316 e. The lowest BCUT2D eigenvalue weighted by Gasteiger charge is -2.20. The quantitative estimate of drug-likeness (QED) is 0.450. The van der Waals surface area contributed by atoms with Gasteiger partial charge in [0.05, 0.1) is 21.3 Å². The van der Waals surface area contributed by atoms with Crippen LogP contribution in [0, 0.1) is 19.3 Å². The Morgan fingerprint density at radius 2 is 1.82 bits per heavy atom. The third kappa shape index (κ3) is 3.72. The molecular formula is C24H17Cl2N5OS. The number of aryl methyl sites for hydroxylation is 1. The molecule has 2 aliphatic rings. The van der Waals surface area contributed by atoms with Gasteiger partial charge in [0.15, 0.2) is 5.84 Å². The van der Waals surface area contributed by atoms with Crippen molar-refractivity contribution in [1.82, 2.24) is 9.58 Å². The van der Waals surface area contributed by atoms with E-state index in [1.54, 1.807) is 12.1 Å². The number of nitrogens with one attached hydrogen (secondary N) is 1. The highest BCUT2D eigenvalue weighted by molar-refractivity contribution is 8.27. The number of aromatic nitrogens is 1. The molecule has 2 aliphatic heterocycles. The summed E-state index contributed by atoms with van der Waals surface area (Å²) >= 11 is 13.9. The molecule has 0 aliphatic carbocycles. The summed E-state index contributed by atoms with van der Waals surface area (Å²) in [5.41, 5.74) is 4.41. The van der Waals surface area contributed by atoms with E-state index in [1.807, 2.05) is 66.9 Å². The van der Waals surface area contributed by atoms with Crippen LogP contribution >= 0.6 is 35.0 Å². The Kier molecular flexibility index (Phi) is 5.48. The molecule has 0 fully saturated rings. The average Bonchev–Trinajstić information content (AvgIpc) is 3.34. The number of amidine groups is 2. The number of hydrazone groups is 1. The number of hydrogen-bond donors (Lipinski definition) is 1. The van der Waals surface area contributed by atoms with Crippen LogP contribution in [0.4, 0.5) is 0 Å². The topological polar surface area (TPSA) is 73.8 Å². The summed E-state index contributed by atoms with van der Waals surface area (Å²) in [7, 11) is 0. The Labute approximate surface area is 204 Å². The zero-order chi connectivity index (χ0) is 23.3. The third-order valence-electron chi connectivity index (χ3n) is 5.42. The molecule has 3 heterocycles. The van der Waals surface area contributed by atoms with E-state index in [2.05, 4.69) is 10.1 Å². The van der Waals surface area contributed by atoms with Gasteiger partial charge in [0.2, 0.25) is 5.17 Å². The minimum atomic E-state index is -0.464. The number of hydrogen-bond acceptors (Lipinski definition) is 4. The summed E-state index contributed by atoms with van der Waals surface area (Å²) in [6, 6.07) is 17.0. The van der Waals surface area contributed by atoms with Gasteiger partial charge in [0.25, 0.3) is 5.91 Å². The fraction of sp³-hybridized carbons (Fsp3) is 0.0833. The number of nitrogens with zero attached hydrogens (tertiary/aromatic N) is 4. The molecule has 0 saturated heterocycles. The fourth-order valence-electron chi connectivity index (χ4n) is 3.81. The second-order valence-corrected chi connectivity index (χ2v) is 9.27. The first-order valence-electron chi connectivity index (χ1n) is 10.0. The van der Waals surface area contributed by atoms with Gasteiger partial charge in [-0.15, -0.1) is 0 Å². The van der Waals surface area contributed by atoms with Crippen LogP contribution in [0.1, 0.15) is 22.5 Å². The number of amides is 1. The molecule has 1 aromatic heterocycles. The maximum atomic E-state index is 12.8. The lowest BCUT2D eigenvalue weighted by molar-refractivity contribution is -0.114. The molecule has 6 nitrogen and oxygen atoms in total. The van der Waals surface area contributed by atoms with E-state index >= 15 is 0 Å². The summed E-state index contributed by atoms with van der Waals surface area (Å²) in [6.45, 7) is 3.88. The molecule has 9 heteroatoms. The zero-order valence-corrected chi connectivity index (χ0v) is 20.0. The number of carbonyl (C=O) groups is 1. The molecule has 0 atom stereocenters. The number of benzene rings is 2. The van der Waals surface area contributed by atoms with Gasteiger partial charge in [-0.05, 0) is 55.4 Å². The Morgan fingerprint density at radius 1 is 1.06 bits per heavy atom. The van der Waals surface area contributed by atoms with Gasteiger partial charge in [-0.25, -0.2) is 0 Å². The number of carbonyl (C=O) groups excluding carboxylic acids is 1. The number of rotatable bonds is 3. The molecule has 0 radical (unpaired) electrons. The van der Waals surface area contributed by atoms with Crippen LogP contribution in [0.2, 0.25) is 10.0 Å². The van der Waals surface area contributed by atoms with Crippen LogP contribution in [0.3, 0.4) is 0 Å². The Bertz CT molecular complexity index is 1420. The molecule has 0 saturated carbocycles. The molecule has 0 spiro atoms. The average molecular weight is 494 g/mol. The molecular weight excluding hydrogens is 477 g/mol. The number of thioether (sulfide) groups is 1. The Balaban J connectivity index is 1.54. The maximum Gasteiger partial charge on any atom is 0.283 e. The first-order chi connectivity index (χ1) is 15.8. The SMILES string of the molecule is Cc1cc(C=C2C(=N)N3N=C(c4ccccc4)SC3=NC2=O)c(C)n1-c1cccc(Cl)c1Cl. The minimum absolute atomic E-state index is 0.00554. The molecule has 0 bridgehead atoms. The van der Waals surface area contributed by atoms with Gasteiger partial charge < -0.3 is 4.57 Å². The van der Waals surface area contributed by atoms with Crippen molar-refractivity contribution in [3.05, 3.63) is 92.7 Å². The van der Waals surface area contributed by atoms with E-state index in [0.29, 0.717) is 20.3 Å². The van der Waals surface area contributed by atoms with Gasteiger partial charge >= 0.3 is 0 Å². The van der Waals surface area contributed by atoms with Crippen molar-refractivity contribution in [2.24, 2.45) is 10.1 Å². The molecule has 5 rings (SSSR count). The van der Waals surface area contributed by atoms with Crippen LogP contribution in [0.15, 0.2) is 70.3 Å². The zero-order valence-electron chi connectivity index (χ0n) is 17.6. The predicted octanol–water partition coefficient (Wildman–Crippen LogP) is 6.07. The van der Waals surface area contributed by atoms with Gasteiger partial charge in [-0.2, -0.15) is 15.1 Å². The Morgan fingerprint density at radius 3 is 2.58 bits per heavy atom. The molecule has 164 valence electrons. The van der Waals surface area contributed by atoms with E-state index in [1.165, 1.54) is 16.8 Å². The van der Waals surface area contributed by atoms with Crippen LogP contribution in [-0.2, 0) is 4.79 Å². The maximum absolute atomic E-state index is 12.8. The normalized spacial score (nSPS) is 16.8. The van der Waals surface area contributed by atoms with Gasteiger partial charge in [-0.1, -0.05) is 59.6 Å². The van der Waals surface area contributed by atoms with Crippen molar-refractivity contribution in [1.29, 1.82) is 5.41 Å². The lowest BCUT2D eigenvalue weighted by atomic mass is 10.1. The standard InChI is InChI=1S/C24H17Cl2N5OS/c1-13-11-16(14(2)30(13)19-10-6-9-18(25)20(19)26)12-17-21(27)31-24(28-22(17)32)33-23(29-31)15-7-4-3-5-8-15/h3-12,27H,1-2H3. The van der Waals surface area contributed by atoms with Crippen molar-refractivity contribution in [3.8, 4) is 5.69 Å². The molecule has 0 unspecified atom stereocenters. The monoisotopic (exact) mass is 493 g/mol. The van der Waals surface area contributed by atoms with Gasteiger partial charge in [0, 0.05) is 17.0 Å². The third-order valence-corrected chi connectivity index (χ3v) is 7.18. The summed E-state index contributed by atoms with van der Waals surface area (Å²) in [4.78, 5) is 17.0. The van der Waals surface area contributed by atoms with E-state index in [-0.39, 0.29) is 11.4 Å². The second-order valence-electron chi connectivity index (χ2n) is 7.53. The van der Waals surface area contributed by atoms with Crippen molar-refractivity contribution in [2.45, 2.75) is 13.8 Å². The van der Waals surface area contributed by atoms with Gasteiger partial charge in [0.1, 0.15) is 5.04 Å². The Hall–Kier alpha value is -3.13. The van der Waals surface area contributed by atoms with Crippen LogP contribution in [0.5, 0.6) is 0 Å². The highest BCUT2D eigenvalue weighted by Gasteiger charge is 2.36. The second kappa shape index (κ2) is 8.33. The molecule has 1 amide bonds. The molecule has 1 N–H and O–H groups in total.